The SMILES string of the molecule is COc1cccc(OCC(=O)NCCCCC(=O)O)c1. The van der Waals surface area contributed by atoms with Gasteiger partial charge in [0.2, 0.25) is 0 Å². The maximum atomic E-state index is 11.5. The molecule has 0 radical (unpaired) electrons. The number of amides is 1. The Morgan fingerprint density at radius 3 is 2.70 bits per heavy atom. The van der Waals surface area contributed by atoms with Crippen LogP contribution in [0.25, 0.3) is 0 Å². The van der Waals surface area contributed by atoms with Gasteiger partial charge in [-0.15, -0.1) is 0 Å². The Morgan fingerprint density at radius 2 is 2.00 bits per heavy atom. The van der Waals surface area contributed by atoms with Crippen LogP contribution in [0.15, 0.2) is 24.3 Å². The van der Waals surface area contributed by atoms with Gasteiger partial charge in [-0.05, 0) is 25.0 Å². The minimum Gasteiger partial charge on any atom is -0.497 e. The maximum Gasteiger partial charge on any atom is 0.303 e. The van der Waals surface area contributed by atoms with Crippen molar-refractivity contribution < 1.29 is 24.2 Å². The van der Waals surface area contributed by atoms with Crippen LogP contribution in [0.3, 0.4) is 0 Å². The largest absolute Gasteiger partial charge is 0.497 e. The number of carboxylic acids is 1. The third-order valence-electron chi connectivity index (χ3n) is 2.55. The van der Waals surface area contributed by atoms with E-state index in [-0.39, 0.29) is 18.9 Å². The zero-order chi connectivity index (χ0) is 14.8. The summed E-state index contributed by atoms with van der Waals surface area (Å²) in [4.78, 5) is 21.8. The number of rotatable bonds is 9. The first-order valence-corrected chi connectivity index (χ1v) is 6.37. The summed E-state index contributed by atoms with van der Waals surface area (Å²) in [5.74, 6) is 0.169. The van der Waals surface area contributed by atoms with Gasteiger partial charge < -0.3 is 19.9 Å². The molecule has 0 fully saturated rings. The third kappa shape index (κ3) is 6.63. The molecule has 2 N–H and O–H groups in total. The average molecular weight is 281 g/mol. The van der Waals surface area contributed by atoms with Gasteiger partial charge >= 0.3 is 5.97 Å². The molecule has 6 heteroatoms. The third-order valence-corrected chi connectivity index (χ3v) is 2.55. The molecular weight excluding hydrogens is 262 g/mol. The van der Waals surface area contributed by atoms with E-state index in [4.69, 9.17) is 14.6 Å². The van der Waals surface area contributed by atoms with Crippen LogP contribution >= 0.6 is 0 Å². The lowest BCUT2D eigenvalue weighted by atomic mass is 10.2. The van der Waals surface area contributed by atoms with Crippen LogP contribution in [0, 0.1) is 0 Å². The quantitative estimate of drug-likeness (QED) is 0.669. The zero-order valence-corrected chi connectivity index (χ0v) is 11.4. The highest BCUT2D eigenvalue weighted by Crippen LogP contribution is 2.18. The summed E-state index contributed by atoms with van der Waals surface area (Å²) in [7, 11) is 1.56. The Labute approximate surface area is 117 Å². The van der Waals surface area contributed by atoms with Gasteiger partial charge in [0.05, 0.1) is 7.11 Å². The van der Waals surface area contributed by atoms with E-state index in [2.05, 4.69) is 5.32 Å². The molecule has 0 aliphatic carbocycles. The first-order valence-electron chi connectivity index (χ1n) is 6.37. The van der Waals surface area contributed by atoms with Gasteiger partial charge in [-0.3, -0.25) is 9.59 Å². The molecule has 20 heavy (non-hydrogen) atoms. The molecule has 0 bridgehead atoms. The van der Waals surface area contributed by atoms with Crippen LogP contribution in [-0.4, -0.2) is 37.2 Å². The lowest BCUT2D eigenvalue weighted by Crippen LogP contribution is -2.29. The van der Waals surface area contributed by atoms with Crippen LogP contribution in [0.5, 0.6) is 11.5 Å². The Bertz CT molecular complexity index is 447. The molecule has 6 nitrogen and oxygen atoms in total. The van der Waals surface area contributed by atoms with Crippen molar-refractivity contribution in [3.05, 3.63) is 24.3 Å². The summed E-state index contributed by atoms with van der Waals surface area (Å²) in [6.45, 7) is 0.375. The second-order valence-electron chi connectivity index (χ2n) is 4.17. The van der Waals surface area contributed by atoms with E-state index in [0.29, 0.717) is 30.9 Å². The fraction of sp³-hybridized carbons (Fsp3) is 0.429. The molecule has 0 heterocycles. The highest BCUT2D eigenvalue weighted by Gasteiger charge is 2.03. The van der Waals surface area contributed by atoms with Crippen LogP contribution in [0.4, 0.5) is 0 Å². The van der Waals surface area contributed by atoms with Crippen molar-refractivity contribution in [2.75, 3.05) is 20.3 Å². The Morgan fingerprint density at radius 1 is 1.25 bits per heavy atom. The lowest BCUT2D eigenvalue weighted by molar-refractivity contribution is -0.137. The van der Waals surface area contributed by atoms with E-state index >= 15 is 0 Å². The molecule has 110 valence electrons. The summed E-state index contributed by atoms with van der Waals surface area (Å²) in [5, 5.41) is 11.1. The van der Waals surface area contributed by atoms with Crippen LogP contribution in [0.2, 0.25) is 0 Å². The molecule has 0 saturated heterocycles. The van der Waals surface area contributed by atoms with Crippen LogP contribution in [0.1, 0.15) is 19.3 Å². The summed E-state index contributed by atoms with van der Waals surface area (Å²) in [5.41, 5.74) is 0. The van der Waals surface area contributed by atoms with Gasteiger partial charge in [-0.2, -0.15) is 0 Å². The molecule has 0 unspecified atom stereocenters. The normalized spacial score (nSPS) is 9.85. The van der Waals surface area contributed by atoms with Crippen LogP contribution in [-0.2, 0) is 9.59 Å². The summed E-state index contributed by atoms with van der Waals surface area (Å²) < 4.78 is 10.4. The number of methoxy groups -OCH3 is 1. The minimum atomic E-state index is -0.822. The van der Waals surface area contributed by atoms with Crippen molar-refractivity contribution in [2.45, 2.75) is 19.3 Å². The van der Waals surface area contributed by atoms with Crippen LogP contribution < -0.4 is 14.8 Å². The average Bonchev–Trinajstić information content (AvgIpc) is 2.44. The number of carbonyl (C=O) groups is 2. The lowest BCUT2D eigenvalue weighted by Gasteiger charge is -2.08. The zero-order valence-electron chi connectivity index (χ0n) is 11.4. The van der Waals surface area contributed by atoms with Gasteiger partial charge in [0.25, 0.3) is 5.91 Å². The number of ether oxygens (including phenoxy) is 2. The molecular formula is C14H19NO5. The van der Waals surface area contributed by atoms with E-state index in [0.717, 1.165) is 0 Å². The number of hydrogen-bond donors (Lipinski definition) is 2. The first kappa shape index (κ1) is 15.8. The topological polar surface area (TPSA) is 84.9 Å². The summed E-state index contributed by atoms with van der Waals surface area (Å²) in [6, 6.07) is 7.00. The number of unbranched alkanes of at least 4 members (excludes halogenated alkanes) is 1. The molecule has 1 aromatic rings. The molecule has 1 amide bonds. The minimum absolute atomic E-state index is 0.0773. The van der Waals surface area contributed by atoms with Gasteiger partial charge in [0.1, 0.15) is 11.5 Å². The molecule has 1 aromatic carbocycles. The molecule has 0 spiro atoms. The summed E-state index contributed by atoms with van der Waals surface area (Å²) in [6.07, 6.45) is 1.31. The van der Waals surface area contributed by atoms with E-state index in [9.17, 15) is 9.59 Å². The Kier molecular flexibility index (Phi) is 6.95. The van der Waals surface area contributed by atoms with Gasteiger partial charge in [-0.1, -0.05) is 6.07 Å². The monoisotopic (exact) mass is 281 g/mol. The maximum absolute atomic E-state index is 11.5. The molecule has 0 aliphatic heterocycles. The molecule has 0 aliphatic rings. The van der Waals surface area contributed by atoms with Crippen molar-refractivity contribution in [2.24, 2.45) is 0 Å². The number of carboxylic acid groups (broad SMARTS) is 1. The molecule has 0 aromatic heterocycles. The van der Waals surface area contributed by atoms with E-state index in [1.165, 1.54) is 0 Å². The Hall–Kier alpha value is -2.24. The highest BCUT2D eigenvalue weighted by molar-refractivity contribution is 5.77. The smallest absolute Gasteiger partial charge is 0.303 e. The van der Waals surface area contributed by atoms with E-state index < -0.39 is 5.97 Å². The first-order chi connectivity index (χ1) is 9.61. The number of nitrogens with one attached hydrogen (secondary N) is 1. The second kappa shape index (κ2) is 8.79. The fourth-order valence-corrected chi connectivity index (χ4v) is 1.52. The van der Waals surface area contributed by atoms with E-state index in [1.807, 2.05) is 0 Å². The second-order valence-corrected chi connectivity index (χ2v) is 4.17. The highest BCUT2D eigenvalue weighted by atomic mass is 16.5. The van der Waals surface area contributed by atoms with Crippen molar-refractivity contribution in [3.8, 4) is 11.5 Å². The van der Waals surface area contributed by atoms with Gasteiger partial charge in [0, 0.05) is 19.0 Å². The van der Waals surface area contributed by atoms with E-state index in [1.54, 1.807) is 31.4 Å². The molecule has 1 rings (SSSR count). The molecule has 0 atom stereocenters. The standard InChI is InChI=1S/C14H19NO5/c1-19-11-5-4-6-12(9-11)20-10-13(16)15-8-3-2-7-14(17)18/h4-6,9H,2-3,7-8,10H2,1H3,(H,15,16)(H,17,18). The Balaban J connectivity index is 2.17. The van der Waals surface area contributed by atoms with Gasteiger partial charge in [0.15, 0.2) is 6.61 Å². The van der Waals surface area contributed by atoms with Gasteiger partial charge in [-0.25, -0.2) is 0 Å². The number of benzene rings is 1. The predicted molar refractivity (Wildman–Crippen MR) is 73.0 cm³/mol. The van der Waals surface area contributed by atoms with Crippen molar-refractivity contribution in [3.63, 3.8) is 0 Å². The summed E-state index contributed by atoms with van der Waals surface area (Å²) >= 11 is 0. The number of aliphatic carboxylic acids is 1. The number of hydrogen-bond acceptors (Lipinski definition) is 4. The van der Waals surface area contributed by atoms with Crippen molar-refractivity contribution in [1.82, 2.24) is 5.32 Å². The number of carbonyl (C=O) groups excluding carboxylic acids is 1. The predicted octanol–water partition coefficient (Wildman–Crippen LogP) is 1.45. The van der Waals surface area contributed by atoms with Crippen molar-refractivity contribution in [1.29, 1.82) is 0 Å². The molecule has 0 saturated carbocycles. The fourth-order valence-electron chi connectivity index (χ4n) is 1.52. The van der Waals surface area contributed by atoms with Crippen molar-refractivity contribution >= 4 is 11.9 Å².